The highest BCUT2D eigenvalue weighted by molar-refractivity contribution is 5.92. The molecule has 0 spiro atoms. The molecular formula is C38H40O13. The van der Waals surface area contributed by atoms with E-state index in [2.05, 4.69) is 6.58 Å². The molecule has 0 unspecified atom stereocenters. The number of esters is 5. The monoisotopic (exact) mass is 704 g/mol. The number of carbonyl (C=O) groups excluding carboxylic acids is 5. The van der Waals surface area contributed by atoms with Crippen molar-refractivity contribution in [1.29, 1.82) is 0 Å². The lowest BCUT2D eigenvalue weighted by Crippen LogP contribution is -2.39. The third-order valence-corrected chi connectivity index (χ3v) is 7.32. The van der Waals surface area contributed by atoms with Crippen LogP contribution in [0, 0.1) is 0 Å². The summed E-state index contributed by atoms with van der Waals surface area (Å²) >= 11 is 0. The summed E-state index contributed by atoms with van der Waals surface area (Å²) in [6, 6.07) is 18.7. The van der Waals surface area contributed by atoms with E-state index in [4.69, 9.17) is 37.9 Å². The lowest BCUT2D eigenvalue weighted by Gasteiger charge is -2.13. The molecule has 0 aromatic heterocycles. The van der Waals surface area contributed by atoms with E-state index in [1.54, 1.807) is 50.2 Å². The van der Waals surface area contributed by atoms with Crippen molar-refractivity contribution in [3.63, 3.8) is 0 Å². The zero-order valence-electron chi connectivity index (χ0n) is 28.4. The fraction of sp³-hybridized carbons (Fsp3) is 0.342. The van der Waals surface area contributed by atoms with Crippen molar-refractivity contribution in [3.05, 3.63) is 102 Å². The second-order valence-corrected chi connectivity index (χ2v) is 11.0. The molecule has 270 valence electrons. The molecule has 0 amide bonds. The number of hydrogen-bond acceptors (Lipinski definition) is 13. The molecular weight excluding hydrogens is 664 g/mol. The second-order valence-electron chi connectivity index (χ2n) is 11.0. The van der Waals surface area contributed by atoms with E-state index in [0.717, 1.165) is 31.8 Å². The lowest BCUT2D eigenvalue weighted by molar-refractivity contribution is -0.163. The number of hydrogen-bond donors (Lipinski definition) is 0. The summed E-state index contributed by atoms with van der Waals surface area (Å²) in [7, 11) is 0. The molecule has 0 N–H and O–H groups in total. The Labute approximate surface area is 295 Å². The van der Waals surface area contributed by atoms with Crippen LogP contribution < -0.4 is 14.2 Å². The topological polar surface area (TPSA) is 159 Å². The highest BCUT2D eigenvalue weighted by atomic mass is 16.8. The minimum Gasteiger partial charge on any atom is -0.494 e. The van der Waals surface area contributed by atoms with Gasteiger partial charge in [-0.3, -0.25) is 0 Å². The van der Waals surface area contributed by atoms with E-state index < -0.39 is 48.3 Å². The first-order valence-electron chi connectivity index (χ1n) is 16.5. The van der Waals surface area contributed by atoms with Crippen LogP contribution in [-0.2, 0) is 38.1 Å². The van der Waals surface area contributed by atoms with Gasteiger partial charge in [-0.15, -0.1) is 0 Å². The van der Waals surface area contributed by atoms with E-state index in [0.29, 0.717) is 30.1 Å². The summed E-state index contributed by atoms with van der Waals surface area (Å²) in [5.41, 5.74) is 0.999. The lowest BCUT2D eigenvalue weighted by atomic mass is 10.1. The fourth-order valence-corrected chi connectivity index (χ4v) is 4.76. The predicted octanol–water partition coefficient (Wildman–Crippen LogP) is 5.70. The molecule has 2 atom stereocenters. The molecule has 1 aliphatic rings. The summed E-state index contributed by atoms with van der Waals surface area (Å²) in [5.74, 6) is -2.04. The number of rotatable bonds is 18. The third-order valence-electron chi connectivity index (χ3n) is 7.32. The van der Waals surface area contributed by atoms with Crippen LogP contribution in [0.2, 0.25) is 0 Å². The molecule has 3 aromatic rings. The summed E-state index contributed by atoms with van der Waals surface area (Å²) in [4.78, 5) is 61.2. The van der Waals surface area contributed by atoms with Gasteiger partial charge < -0.3 is 37.9 Å². The number of benzene rings is 3. The van der Waals surface area contributed by atoms with Crippen molar-refractivity contribution in [2.24, 2.45) is 0 Å². The van der Waals surface area contributed by atoms with Crippen LogP contribution in [0.3, 0.4) is 0 Å². The Morgan fingerprint density at radius 2 is 1.06 bits per heavy atom. The summed E-state index contributed by atoms with van der Waals surface area (Å²) in [6.45, 7) is 7.70. The molecule has 0 bridgehead atoms. The average molecular weight is 705 g/mol. The number of carbonyl (C=O) groups is 5. The van der Waals surface area contributed by atoms with Crippen molar-refractivity contribution >= 4 is 29.8 Å². The van der Waals surface area contributed by atoms with Crippen molar-refractivity contribution in [1.82, 2.24) is 0 Å². The molecule has 0 saturated carbocycles. The number of ether oxygens (including phenoxy) is 8. The van der Waals surface area contributed by atoms with Gasteiger partial charge in [0.15, 0.2) is 18.5 Å². The minimum atomic E-state index is -1.30. The van der Waals surface area contributed by atoms with Gasteiger partial charge in [0.05, 0.1) is 37.6 Å². The summed E-state index contributed by atoms with van der Waals surface area (Å²) in [5, 5.41) is 0. The molecule has 0 radical (unpaired) electrons. The number of unbranched alkanes of at least 4 members (excludes halogenated alkanes) is 3. The van der Waals surface area contributed by atoms with E-state index >= 15 is 0 Å². The molecule has 1 fully saturated rings. The van der Waals surface area contributed by atoms with E-state index in [-0.39, 0.29) is 30.3 Å². The van der Waals surface area contributed by atoms with Crippen molar-refractivity contribution in [2.75, 3.05) is 26.4 Å². The van der Waals surface area contributed by atoms with Gasteiger partial charge in [-0.2, -0.15) is 0 Å². The first kappa shape index (κ1) is 38.3. The smallest absolute Gasteiger partial charge is 0.343 e. The van der Waals surface area contributed by atoms with Crippen LogP contribution in [0.1, 0.15) is 72.1 Å². The largest absolute Gasteiger partial charge is 0.494 e. The van der Waals surface area contributed by atoms with Gasteiger partial charge in [-0.25, -0.2) is 24.0 Å². The zero-order valence-corrected chi connectivity index (χ0v) is 28.4. The van der Waals surface area contributed by atoms with Crippen LogP contribution >= 0.6 is 0 Å². The van der Waals surface area contributed by atoms with Crippen LogP contribution in [0.15, 0.2) is 85.5 Å². The highest BCUT2D eigenvalue weighted by Crippen LogP contribution is 2.33. The van der Waals surface area contributed by atoms with Gasteiger partial charge in [0.1, 0.15) is 17.2 Å². The van der Waals surface area contributed by atoms with E-state index in [9.17, 15) is 24.0 Å². The maximum Gasteiger partial charge on any atom is 0.343 e. The second kappa shape index (κ2) is 19.6. The van der Waals surface area contributed by atoms with Crippen molar-refractivity contribution < 1.29 is 61.9 Å². The van der Waals surface area contributed by atoms with E-state index in [1.165, 1.54) is 36.4 Å². The van der Waals surface area contributed by atoms with Crippen LogP contribution in [0.5, 0.6) is 17.2 Å². The maximum absolute atomic E-state index is 12.8. The Balaban J connectivity index is 1.21. The van der Waals surface area contributed by atoms with Gasteiger partial charge in [0, 0.05) is 11.6 Å². The Morgan fingerprint density at radius 1 is 0.608 bits per heavy atom. The third kappa shape index (κ3) is 11.5. The molecule has 13 heteroatoms. The van der Waals surface area contributed by atoms with Gasteiger partial charge in [0.2, 0.25) is 0 Å². The predicted molar refractivity (Wildman–Crippen MR) is 180 cm³/mol. The maximum atomic E-state index is 12.8. The highest BCUT2D eigenvalue weighted by Gasteiger charge is 2.47. The molecule has 1 aliphatic heterocycles. The normalized spacial score (nSPS) is 15.3. The Hall–Kier alpha value is -5.53. The zero-order chi connectivity index (χ0) is 36.6. The Kier molecular flexibility index (Phi) is 14.7. The first-order valence-corrected chi connectivity index (χ1v) is 16.5. The van der Waals surface area contributed by atoms with E-state index in [1.807, 2.05) is 0 Å². The summed E-state index contributed by atoms with van der Waals surface area (Å²) < 4.78 is 42.9. The van der Waals surface area contributed by atoms with Crippen LogP contribution in [0.25, 0.3) is 0 Å². The molecule has 13 nitrogen and oxygen atoms in total. The quantitative estimate of drug-likeness (QED) is 0.0522. The van der Waals surface area contributed by atoms with Gasteiger partial charge in [-0.1, -0.05) is 18.7 Å². The Morgan fingerprint density at radius 3 is 1.53 bits per heavy atom. The molecule has 1 saturated heterocycles. The molecule has 1 heterocycles. The summed E-state index contributed by atoms with van der Waals surface area (Å²) in [6.07, 6.45) is 0.912. The first-order chi connectivity index (χ1) is 24.7. The van der Waals surface area contributed by atoms with Gasteiger partial charge >= 0.3 is 29.8 Å². The molecule has 0 aliphatic carbocycles. The molecule has 4 rings (SSSR count). The van der Waals surface area contributed by atoms with Gasteiger partial charge in [0.25, 0.3) is 0 Å². The van der Waals surface area contributed by atoms with Crippen molar-refractivity contribution in [3.8, 4) is 17.2 Å². The fourth-order valence-electron chi connectivity index (χ4n) is 4.76. The minimum absolute atomic E-state index is 0.0957. The SMILES string of the molecule is C=CC(=O)OCCCCCCOc1ccc(C(=O)Oc2ccc(OC(=O)c3ccc(C4O[C@@H](C(=O)OCC)[C@H](C(=O)OCC)O4)cc3)cc2)cc1. The van der Waals surface area contributed by atoms with Crippen LogP contribution in [0.4, 0.5) is 0 Å². The average Bonchev–Trinajstić information content (AvgIpc) is 3.60. The van der Waals surface area contributed by atoms with Crippen molar-refractivity contribution in [2.45, 2.75) is 58.0 Å². The van der Waals surface area contributed by atoms with Gasteiger partial charge in [-0.05, 0) is 100 Å². The molecule has 3 aromatic carbocycles. The van der Waals surface area contributed by atoms with Crippen LogP contribution in [-0.4, -0.2) is 68.5 Å². The molecule has 51 heavy (non-hydrogen) atoms. The Bertz CT molecular complexity index is 1610. The standard InChI is InChI=1S/C38H40O13/c1-4-31(39)47-24-10-8-7-9-23-46-28-17-15-26(16-18-28)35(41)49-30-21-19-29(20-22-30)48-34(40)25-11-13-27(14-12-25)38-50-32(36(42)44-5-2)33(51-38)37(43)45-6-3/h4,11-22,32-33,38H,1,5-10,23-24H2,2-3H3/t32-,33-/m1/s1.